The topological polar surface area (TPSA) is 46.5 Å². The van der Waals surface area contributed by atoms with Gasteiger partial charge in [0.25, 0.3) is 0 Å². The van der Waals surface area contributed by atoms with E-state index in [2.05, 4.69) is 0 Å². The van der Waals surface area contributed by atoms with Gasteiger partial charge in [-0.1, -0.05) is 18.2 Å². The van der Waals surface area contributed by atoms with Crippen LogP contribution in [0.1, 0.15) is 10.4 Å². The summed E-state index contributed by atoms with van der Waals surface area (Å²) in [5.74, 6) is -0.381. The molecule has 0 saturated carbocycles. The van der Waals surface area contributed by atoms with Crippen molar-refractivity contribution >= 4 is 5.97 Å². The molecule has 0 aliphatic heterocycles. The Hall–Kier alpha value is -1.39. The van der Waals surface area contributed by atoms with Gasteiger partial charge in [0.05, 0.1) is 12.2 Å². The first-order chi connectivity index (χ1) is 7.05. The predicted molar refractivity (Wildman–Crippen MR) is 55.9 cm³/mol. The predicted octanol–water partition coefficient (Wildman–Crippen LogP) is 0.827. The zero-order valence-electron chi connectivity index (χ0n) is 9.01. The molecule has 0 spiro atoms. The van der Waals surface area contributed by atoms with Crippen LogP contribution in [0, 0.1) is 0 Å². The molecule has 1 aromatic rings. The molecular weight excluding hydrogens is 194 g/mol. The number of hydrogen-bond donors (Lipinski definition) is 1. The molecular formula is C11H16NO3+. The smallest absolute Gasteiger partial charge is 0.390 e. The van der Waals surface area contributed by atoms with Gasteiger partial charge in [0, 0.05) is 0 Å². The van der Waals surface area contributed by atoms with Gasteiger partial charge < -0.3 is 5.11 Å². The number of carbonyl (C=O) groups excluding carboxylic acids is 1. The largest absolute Gasteiger partial charge is 0.397 e. The fraction of sp³-hybridized carbons (Fsp3) is 0.364. The molecule has 0 amide bonds. The van der Waals surface area contributed by atoms with Crippen LogP contribution in [0.15, 0.2) is 30.3 Å². The van der Waals surface area contributed by atoms with Gasteiger partial charge in [0.1, 0.15) is 20.6 Å². The van der Waals surface area contributed by atoms with Gasteiger partial charge in [-0.15, -0.1) is 4.65 Å². The van der Waals surface area contributed by atoms with Crippen molar-refractivity contribution in [3.63, 3.8) is 0 Å². The van der Waals surface area contributed by atoms with Crippen LogP contribution in [0.4, 0.5) is 0 Å². The quantitative estimate of drug-likeness (QED) is 0.591. The Balaban J connectivity index is 2.64. The average Bonchev–Trinajstić information content (AvgIpc) is 2.18. The van der Waals surface area contributed by atoms with Crippen LogP contribution in [0.3, 0.4) is 0 Å². The van der Waals surface area contributed by atoms with E-state index in [1.165, 1.54) is 0 Å². The first-order valence-corrected chi connectivity index (χ1v) is 4.78. The van der Waals surface area contributed by atoms with E-state index < -0.39 is 0 Å². The van der Waals surface area contributed by atoms with Crippen LogP contribution < -0.4 is 0 Å². The van der Waals surface area contributed by atoms with E-state index in [0.29, 0.717) is 12.1 Å². The third kappa shape index (κ3) is 3.69. The number of quaternary nitrogens is 1. The van der Waals surface area contributed by atoms with Crippen LogP contribution in [0.2, 0.25) is 0 Å². The molecule has 0 fully saturated rings. The molecule has 4 nitrogen and oxygen atoms in total. The van der Waals surface area contributed by atoms with Gasteiger partial charge in [0.15, 0.2) is 0 Å². The Labute approximate surface area is 89.2 Å². The van der Waals surface area contributed by atoms with Gasteiger partial charge in [-0.2, -0.15) is 0 Å². The van der Waals surface area contributed by atoms with E-state index >= 15 is 0 Å². The minimum atomic E-state index is -0.381. The van der Waals surface area contributed by atoms with Crippen LogP contribution >= 0.6 is 0 Å². The molecule has 0 radical (unpaired) electrons. The summed E-state index contributed by atoms with van der Waals surface area (Å²) >= 11 is 0. The van der Waals surface area contributed by atoms with Gasteiger partial charge in [0.2, 0.25) is 0 Å². The lowest BCUT2D eigenvalue weighted by atomic mass is 10.2. The normalized spacial score (nSPS) is 11.1. The van der Waals surface area contributed by atoms with Crippen molar-refractivity contribution in [2.45, 2.75) is 0 Å². The van der Waals surface area contributed by atoms with E-state index in [4.69, 9.17) is 9.94 Å². The van der Waals surface area contributed by atoms with Crippen molar-refractivity contribution in [1.29, 1.82) is 0 Å². The minimum absolute atomic E-state index is 0.0181. The highest BCUT2D eigenvalue weighted by Crippen LogP contribution is 2.06. The lowest BCUT2D eigenvalue weighted by molar-refractivity contribution is -1.06. The number of hydrogen-bond acceptors (Lipinski definition) is 3. The fourth-order valence-electron chi connectivity index (χ4n) is 1.14. The highest BCUT2D eigenvalue weighted by molar-refractivity contribution is 5.88. The maximum Gasteiger partial charge on any atom is 0.397 e. The monoisotopic (exact) mass is 210 g/mol. The molecule has 15 heavy (non-hydrogen) atoms. The van der Waals surface area contributed by atoms with Crippen molar-refractivity contribution in [3.05, 3.63) is 35.9 Å². The maximum atomic E-state index is 11.6. The van der Waals surface area contributed by atoms with Crippen LogP contribution in [0.5, 0.6) is 0 Å². The second-order valence-electron chi connectivity index (χ2n) is 3.77. The number of aliphatic hydroxyl groups excluding tert-OH is 1. The highest BCUT2D eigenvalue weighted by Gasteiger charge is 2.22. The van der Waals surface area contributed by atoms with Gasteiger partial charge in [-0.3, -0.25) is 4.84 Å². The molecule has 0 atom stereocenters. The molecule has 0 aromatic heterocycles. The Morgan fingerprint density at radius 3 is 2.47 bits per heavy atom. The van der Waals surface area contributed by atoms with Crippen molar-refractivity contribution < 1.29 is 19.4 Å². The minimum Gasteiger partial charge on any atom is -0.390 e. The maximum absolute atomic E-state index is 11.6. The zero-order chi connectivity index (χ0) is 11.3. The number of hydroxylamine groups is 3. The summed E-state index contributed by atoms with van der Waals surface area (Å²) in [4.78, 5) is 16.8. The van der Waals surface area contributed by atoms with Gasteiger partial charge >= 0.3 is 5.97 Å². The lowest BCUT2D eigenvalue weighted by Gasteiger charge is -2.24. The summed E-state index contributed by atoms with van der Waals surface area (Å²) in [6.45, 7) is 0.355. The summed E-state index contributed by atoms with van der Waals surface area (Å²) in [6.07, 6.45) is 0. The fourth-order valence-corrected chi connectivity index (χ4v) is 1.14. The molecule has 82 valence electrons. The SMILES string of the molecule is C[N+](C)(CCO)OC(=O)c1ccccc1. The number of likely N-dealkylation sites (N-methyl/N-ethyl adjacent to an activating group) is 1. The van der Waals surface area contributed by atoms with Crippen LogP contribution in [-0.2, 0) is 4.84 Å². The van der Waals surface area contributed by atoms with E-state index in [0.717, 1.165) is 0 Å². The van der Waals surface area contributed by atoms with E-state index in [-0.39, 0.29) is 17.2 Å². The number of carbonyl (C=O) groups is 1. The standard InChI is InChI=1S/C11H16NO3/c1-12(2,8-9-13)15-11(14)10-6-4-3-5-7-10/h3-7,13H,8-9H2,1-2H3/q+1. The Kier molecular flexibility index (Phi) is 3.82. The summed E-state index contributed by atoms with van der Waals surface area (Å²) in [5.41, 5.74) is 0.515. The second-order valence-corrected chi connectivity index (χ2v) is 3.77. The van der Waals surface area contributed by atoms with Crippen molar-refractivity contribution in [2.75, 3.05) is 27.2 Å². The summed E-state index contributed by atoms with van der Waals surface area (Å²) < 4.78 is 0.0181. The molecule has 0 aliphatic rings. The third-order valence-corrected chi connectivity index (χ3v) is 1.98. The molecule has 0 unspecified atom stereocenters. The van der Waals surface area contributed by atoms with Crippen molar-refractivity contribution in [3.8, 4) is 0 Å². The summed E-state index contributed by atoms with van der Waals surface area (Å²) in [5, 5.41) is 8.78. The zero-order valence-corrected chi connectivity index (χ0v) is 9.01. The van der Waals surface area contributed by atoms with Gasteiger partial charge in [-0.05, 0) is 12.1 Å². The van der Waals surface area contributed by atoms with Crippen molar-refractivity contribution in [1.82, 2.24) is 0 Å². The number of rotatable bonds is 4. The van der Waals surface area contributed by atoms with E-state index in [1.54, 1.807) is 38.4 Å². The molecule has 1 N–H and O–H groups in total. The second kappa shape index (κ2) is 4.91. The summed E-state index contributed by atoms with van der Waals surface area (Å²) in [7, 11) is 3.44. The molecule has 1 rings (SSSR count). The van der Waals surface area contributed by atoms with Crippen molar-refractivity contribution in [2.24, 2.45) is 0 Å². The first-order valence-electron chi connectivity index (χ1n) is 4.78. The van der Waals surface area contributed by atoms with E-state index in [9.17, 15) is 4.79 Å². The Bertz CT molecular complexity index is 322. The number of aliphatic hydroxyl groups is 1. The van der Waals surface area contributed by atoms with Gasteiger partial charge in [-0.25, -0.2) is 4.79 Å². The molecule has 0 aliphatic carbocycles. The molecule has 0 saturated heterocycles. The summed E-state index contributed by atoms with van der Waals surface area (Å²) in [6, 6.07) is 8.79. The van der Waals surface area contributed by atoms with Crippen LogP contribution in [-0.4, -0.2) is 43.0 Å². The number of benzene rings is 1. The van der Waals surface area contributed by atoms with Crippen LogP contribution in [0.25, 0.3) is 0 Å². The molecule has 0 heterocycles. The molecule has 4 heteroatoms. The lowest BCUT2D eigenvalue weighted by Crippen LogP contribution is -2.43. The Morgan fingerprint density at radius 1 is 1.33 bits per heavy atom. The Morgan fingerprint density at radius 2 is 1.93 bits per heavy atom. The highest BCUT2D eigenvalue weighted by atomic mass is 16.7. The van der Waals surface area contributed by atoms with E-state index in [1.807, 2.05) is 6.07 Å². The molecule has 1 aromatic carbocycles. The number of nitrogens with zero attached hydrogens (tertiary/aromatic N) is 1. The average molecular weight is 210 g/mol. The molecule has 0 bridgehead atoms. The third-order valence-electron chi connectivity index (χ3n) is 1.98. The first kappa shape index (κ1) is 11.7.